The van der Waals surface area contributed by atoms with Gasteiger partial charge in [0.2, 0.25) is 0 Å². The zero-order valence-corrected chi connectivity index (χ0v) is 17.0. The molecule has 0 spiro atoms. The lowest BCUT2D eigenvalue weighted by molar-refractivity contribution is -0.141. The van der Waals surface area contributed by atoms with Crippen LogP contribution in [0.4, 0.5) is 13.2 Å². The van der Waals surface area contributed by atoms with Crippen LogP contribution in [-0.2, 0) is 24.0 Å². The second-order valence-electron chi connectivity index (χ2n) is 6.00. The zero-order chi connectivity index (χ0) is 19.5. The summed E-state index contributed by atoms with van der Waals surface area (Å²) in [5.41, 5.74) is -0.255. The SMILES string of the molecule is CCS(=O)c1c(-c2nc3cc(C(F)(F)F)ncc3n2C)sc2cc(C)sc12. The molecule has 0 N–H and O–H groups in total. The number of aryl methyl sites for hydroxylation is 2. The number of imidazole rings is 1. The molecule has 0 radical (unpaired) electrons. The molecule has 142 valence electrons. The van der Waals surface area contributed by atoms with Gasteiger partial charge in [-0.3, -0.25) is 4.21 Å². The van der Waals surface area contributed by atoms with Gasteiger partial charge in [-0.05, 0) is 19.1 Å². The molecule has 10 heteroatoms. The Balaban J connectivity index is 1.98. The van der Waals surface area contributed by atoms with Gasteiger partial charge in [-0.2, -0.15) is 13.2 Å². The van der Waals surface area contributed by atoms with Gasteiger partial charge in [0.1, 0.15) is 5.69 Å². The lowest BCUT2D eigenvalue weighted by Crippen LogP contribution is -2.07. The summed E-state index contributed by atoms with van der Waals surface area (Å²) in [5.74, 6) is 0.966. The Morgan fingerprint density at radius 3 is 2.67 bits per heavy atom. The number of nitrogens with zero attached hydrogens (tertiary/aromatic N) is 3. The topological polar surface area (TPSA) is 47.8 Å². The minimum Gasteiger partial charge on any atom is -0.325 e. The summed E-state index contributed by atoms with van der Waals surface area (Å²) < 4.78 is 55.3. The lowest BCUT2D eigenvalue weighted by Gasteiger charge is -2.05. The molecule has 4 heterocycles. The largest absolute Gasteiger partial charge is 0.433 e. The highest BCUT2D eigenvalue weighted by Gasteiger charge is 2.33. The number of aromatic nitrogens is 3. The average Bonchev–Trinajstić information content (AvgIpc) is 3.23. The molecule has 0 saturated heterocycles. The van der Waals surface area contributed by atoms with Crippen molar-refractivity contribution >= 4 is 53.9 Å². The predicted octanol–water partition coefficient (Wildman–Crippen LogP) is 5.37. The molecule has 4 nitrogen and oxygen atoms in total. The summed E-state index contributed by atoms with van der Waals surface area (Å²) in [7, 11) is 0.524. The highest BCUT2D eigenvalue weighted by molar-refractivity contribution is 7.85. The number of fused-ring (bicyclic) bond motifs is 2. The van der Waals surface area contributed by atoms with Gasteiger partial charge in [0.15, 0.2) is 5.82 Å². The monoisotopic (exact) mass is 429 g/mol. The summed E-state index contributed by atoms with van der Waals surface area (Å²) in [4.78, 5) is 10.5. The number of pyridine rings is 1. The molecule has 27 heavy (non-hydrogen) atoms. The number of rotatable bonds is 3. The second-order valence-corrected chi connectivity index (χ2v) is 9.98. The first-order chi connectivity index (χ1) is 12.7. The van der Waals surface area contributed by atoms with Gasteiger partial charge >= 0.3 is 6.18 Å². The Kier molecular flexibility index (Phi) is 4.39. The molecular formula is C17H14F3N3OS3. The summed E-state index contributed by atoms with van der Waals surface area (Å²) in [6.07, 6.45) is -3.34. The van der Waals surface area contributed by atoms with E-state index in [1.54, 1.807) is 23.0 Å². The zero-order valence-electron chi connectivity index (χ0n) is 14.5. The molecule has 0 aliphatic heterocycles. The summed E-state index contributed by atoms with van der Waals surface area (Å²) >= 11 is 3.05. The molecule has 4 aromatic rings. The van der Waals surface area contributed by atoms with E-state index >= 15 is 0 Å². The van der Waals surface area contributed by atoms with Crippen LogP contribution in [0.2, 0.25) is 0 Å². The summed E-state index contributed by atoms with van der Waals surface area (Å²) in [6, 6.07) is 2.99. The van der Waals surface area contributed by atoms with Gasteiger partial charge in [-0.1, -0.05) is 6.92 Å². The number of thiophene rings is 2. The minimum atomic E-state index is -4.52. The van der Waals surface area contributed by atoms with Crippen molar-refractivity contribution in [1.82, 2.24) is 14.5 Å². The second kappa shape index (κ2) is 6.39. The van der Waals surface area contributed by atoms with E-state index in [-0.39, 0.29) is 5.52 Å². The summed E-state index contributed by atoms with van der Waals surface area (Å²) in [5, 5.41) is 0. The highest BCUT2D eigenvalue weighted by atomic mass is 32.2. The van der Waals surface area contributed by atoms with Gasteiger partial charge in [0, 0.05) is 22.4 Å². The molecule has 0 saturated carbocycles. The molecule has 4 aromatic heterocycles. The fourth-order valence-electron chi connectivity index (χ4n) is 2.93. The van der Waals surface area contributed by atoms with Crippen molar-refractivity contribution < 1.29 is 17.4 Å². The third kappa shape index (κ3) is 2.99. The number of hydrogen-bond donors (Lipinski definition) is 0. The average molecular weight is 430 g/mol. The Morgan fingerprint density at radius 1 is 1.26 bits per heavy atom. The van der Waals surface area contributed by atoms with E-state index in [1.165, 1.54) is 17.5 Å². The third-order valence-corrected chi connectivity index (χ3v) is 8.17. The normalized spacial score (nSPS) is 13.7. The maximum atomic E-state index is 13.0. The molecular weight excluding hydrogens is 415 g/mol. The first-order valence-corrected chi connectivity index (χ1v) is 11.0. The first-order valence-electron chi connectivity index (χ1n) is 8.02. The fraction of sp³-hybridized carbons (Fsp3) is 0.294. The van der Waals surface area contributed by atoms with Gasteiger partial charge in [-0.15, -0.1) is 22.7 Å². The van der Waals surface area contributed by atoms with Crippen molar-refractivity contribution in [1.29, 1.82) is 0 Å². The Bertz CT molecular complexity index is 1200. The van der Waals surface area contributed by atoms with Crippen LogP contribution >= 0.6 is 22.7 Å². The van der Waals surface area contributed by atoms with Crippen LogP contribution in [0.5, 0.6) is 0 Å². The highest BCUT2D eigenvalue weighted by Crippen LogP contribution is 2.44. The van der Waals surface area contributed by atoms with E-state index in [1.807, 2.05) is 19.9 Å². The van der Waals surface area contributed by atoms with Gasteiger partial charge in [0.05, 0.1) is 42.5 Å². The van der Waals surface area contributed by atoms with Crippen LogP contribution in [0.25, 0.3) is 31.1 Å². The van der Waals surface area contributed by atoms with Gasteiger partial charge < -0.3 is 4.57 Å². The third-order valence-electron chi connectivity index (χ3n) is 4.20. The molecule has 1 atom stereocenters. The van der Waals surface area contributed by atoms with Crippen molar-refractivity contribution in [3.63, 3.8) is 0 Å². The van der Waals surface area contributed by atoms with Gasteiger partial charge in [-0.25, -0.2) is 9.97 Å². The van der Waals surface area contributed by atoms with E-state index in [9.17, 15) is 17.4 Å². The van der Waals surface area contributed by atoms with Crippen LogP contribution in [0.15, 0.2) is 23.2 Å². The van der Waals surface area contributed by atoms with Crippen LogP contribution in [0.3, 0.4) is 0 Å². The van der Waals surface area contributed by atoms with Crippen molar-refractivity contribution in [3.05, 3.63) is 28.9 Å². The van der Waals surface area contributed by atoms with E-state index in [0.29, 0.717) is 17.1 Å². The lowest BCUT2D eigenvalue weighted by atomic mass is 10.3. The fourth-order valence-corrected chi connectivity index (χ4v) is 7.07. The number of alkyl halides is 3. The maximum absolute atomic E-state index is 13.0. The first kappa shape index (κ1) is 18.6. The number of hydrogen-bond acceptors (Lipinski definition) is 5. The van der Waals surface area contributed by atoms with Crippen molar-refractivity contribution in [3.8, 4) is 10.7 Å². The van der Waals surface area contributed by atoms with E-state index in [0.717, 1.165) is 30.1 Å². The van der Waals surface area contributed by atoms with E-state index < -0.39 is 22.7 Å². The van der Waals surface area contributed by atoms with E-state index in [4.69, 9.17) is 0 Å². The molecule has 0 amide bonds. The van der Waals surface area contributed by atoms with Crippen LogP contribution in [0.1, 0.15) is 17.5 Å². The van der Waals surface area contributed by atoms with E-state index in [2.05, 4.69) is 9.97 Å². The van der Waals surface area contributed by atoms with Crippen LogP contribution < -0.4 is 0 Å². The minimum absolute atomic E-state index is 0.219. The predicted molar refractivity (Wildman–Crippen MR) is 104 cm³/mol. The van der Waals surface area contributed by atoms with Gasteiger partial charge in [0.25, 0.3) is 0 Å². The van der Waals surface area contributed by atoms with Crippen molar-refractivity contribution in [2.75, 3.05) is 5.75 Å². The van der Waals surface area contributed by atoms with Crippen molar-refractivity contribution in [2.45, 2.75) is 24.9 Å². The Hall–Kier alpha value is -1.78. The quantitative estimate of drug-likeness (QED) is 0.440. The molecule has 0 bridgehead atoms. The maximum Gasteiger partial charge on any atom is 0.433 e. The smallest absolute Gasteiger partial charge is 0.325 e. The Morgan fingerprint density at radius 2 is 2.00 bits per heavy atom. The molecule has 0 aromatic carbocycles. The molecule has 0 fully saturated rings. The standard InChI is InChI=1S/C17H14F3N3OS3/c1-4-27(24)15-13-11(5-8(2)25-13)26-14(15)16-22-9-6-12(17(18,19)20)21-7-10(9)23(16)3/h5-7H,4H2,1-3H3. The molecule has 0 aliphatic carbocycles. The number of halogens is 3. The molecule has 1 unspecified atom stereocenters. The van der Waals surface area contributed by atoms with Crippen molar-refractivity contribution in [2.24, 2.45) is 7.05 Å². The van der Waals surface area contributed by atoms with Crippen LogP contribution in [0, 0.1) is 6.92 Å². The Labute approximate surface area is 163 Å². The molecule has 0 aliphatic rings. The van der Waals surface area contributed by atoms with Crippen LogP contribution in [-0.4, -0.2) is 24.5 Å². The summed E-state index contributed by atoms with van der Waals surface area (Å²) in [6.45, 7) is 3.84. The molecule has 4 rings (SSSR count).